The Morgan fingerprint density at radius 1 is 1.59 bits per heavy atom. The second kappa shape index (κ2) is 5.47. The SMILES string of the molecule is O=C1CCC(C(=O)NCCc2cnc[nH]2)CN1. The van der Waals surface area contributed by atoms with Crippen LogP contribution in [0.1, 0.15) is 18.5 Å². The van der Waals surface area contributed by atoms with Crippen molar-refractivity contribution in [2.24, 2.45) is 5.92 Å². The van der Waals surface area contributed by atoms with Gasteiger partial charge in [-0.3, -0.25) is 9.59 Å². The number of rotatable bonds is 4. The summed E-state index contributed by atoms with van der Waals surface area (Å²) in [6.45, 7) is 1.04. The molecule has 0 saturated carbocycles. The fourth-order valence-corrected chi connectivity index (χ4v) is 1.84. The predicted octanol–water partition coefficient (Wildman–Crippen LogP) is -0.405. The fraction of sp³-hybridized carbons (Fsp3) is 0.545. The summed E-state index contributed by atoms with van der Waals surface area (Å²) in [5, 5.41) is 5.57. The summed E-state index contributed by atoms with van der Waals surface area (Å²) in [5.74, 6) is -0.0366. The van der Waals surface area contributed by atoms with Gasteiger partial charge in [0.25, 0.3) is 0 Å². The quantitative estimate of drug-likeness (QED) is 0.664. The van der Waals surface area contributed by atoms with Gasteiger partial charge in [0.1, 0.15) is 0 Å². The number of nitrogens with one attached hydrogen (secondary N) is 3. The zero-order valence-corrected chi connectivity index (χ0v) is 9.53. The summed E-state index contributed by atoms with van der Waals surface area (Å²) in [4.78, 5) is 29.6. The lowest BCUT2D eigenvalue weighted by Gasteiger charge is -2.21. The number of nitrogens with zero attached hydrogens (tertiary/aromatic N) is 1. The van der Waals surface area contributed by atoms with Gasteiger partial charge in [-0.2, -0.15) is 0 Å². The maximum Gasteiger partial charge on any atom is 0.224 e. The summed E-state index contributed by atoms with van der Waals surface area (Å²) in [6, 6.07) is 0. The molecule has 92 valence electrons. The molecule has 1 aliphatic heterocycles. The number of carbonyl (C=O) groups excluding carboxylic acids is 2. The molecule has 1 aromatic heterocycles. The van der Waals surface area contributed by atoms with Crippen LogP contribution in [-0.4, -0.2) is 34.9 Å². The van der Waals surface area contributed by atoms with Crippen LogP contribution < -0.4 is 10.6 Å². The topological polar surface area (TPSA) is 86.9 Å². The Hall–Kier alpha value is -1.85. The van der Waals surface area contributed by atoms with Gasteiger partial charge in [0.05, 0.1) is 12.2 Å². The van der Waals surface area contributed by atoms with Crippen molar-refractivity contribution in [1.29, 1.82) is 0 Å². The van der Waals surface area contributed by atoms with E-state index in [1.165, 1.54) is 0 Å². The molecule has 2 rings (SSSR count). The molecule has 0 aromatic carbocycles. The molecule has 0 bridgehead atoms. The van der Waals surface area contributed by atoms with E-state index in [-0.39, 0.29) is 17.7 Å². The largest absolute Gasteiger partial charge is 0.355 e. The van der Waals surface area contributed by atoms with Crippen LogP contribution in [0.25, 0.3) is 0 Å². The molecule has 1 atom stereocenters. The highest BCUT2D eigenvalue weighted by atomic mass is 16.2. The Balaban J connectivity index is 1.68. The van der Waals surface area contributed by atoms with Crippen LogP contribution in [0.5, 0.6) is 0 Å². The van der Waals surface area contributed by atoms with Crippen molar-refractivity contribution in [2.75, 3.05) is 13.1 Å². The van der Waals surface area contributed by atoms with E-state index in [4.69, 9.17) is 0 Å². The third-order valence-corrected chi connectivity index (χ3v) is 2.88. The molecule has 2 amide bonds. The van der Waals surface area contributed by atoms with Gasteiger partial charge in [-0.25, -0.2) is 4.98 Å². The van der Waals surface area contributed by atoms with Gasteiger partial charge in [-0.1, -0.05) is 0 Å². The maximum absolute atomic E-state index is 11.7. The first-order valence-electron chi connectivity index (χ1n) is 5.77. The molecule has 0 spiro atoms. The number of amides is 2. The van der Waals surface area contributed by atoms with Crippen molar-refractivity contribution in [3.05, 3.63) is 18.2 Å². The lowest BCUT2D eigenvalue weighted by atomic mass is 9.98. The highest BCUT2D eigenvalue weighted by Crippen LogP contribution is 2.10. The minimum Gasteiger partial charge on any atom is -0.355 e. The van der Waals surface area contributed by atoms with Crippen molar-refractivity contribution in [1.82, 2.24) is 20.6 Å². The highest BCUT2D eigenvalue weighted by Gasteiger charge is 2.23. The lowest BCUT2D eigenvalue weighted by molar-refractivity contribution is -0.128. The van der Waals surface area contributed by atoms with Gasteiger partial charge >= 0.3 is 0 Å². The molecule has 1 unspecified atom stereocenters. The second-order valence-corrected chi connectivity index (χ2v) is 4.16. The fourth-order valence-electron chi connectivity index (χ4n) is 1.84. The van der Waals surface area contributed by atoms with Crippen LogP contribution in [-0.2, 0) is 16.0 Å². The Labute approximate surface area is 99.2 Å². The van der Waals surface area contributed by atoms with E-state index in [2.05, 4.69) is 20.6 Å². The first-order chi connectivity index (χ1) is 8.25. The number of imidazole rings is 1. The van der Waals surface area contributed by atoms with Gasteiger partial charge in [0.2, 0.25) is 11.8 Å². The van der Waals surface area contributed by atoms with Crippen LogP contribution >= 0.6 is 0 Å². The summed E-state index contributed by atoms with van der Waals surface area (Å²) < 4.78 is 0. The molecule has 6 nitrogen and oxygen atoms in total. The summed E-state index contributed by atoms with van der Waals surface area (Å²) in [5.41, 5.74) is 1.00. The summed E-state index contributed by atoms with van der Waals surface area (Å²) in [7, 11) is 0. The number of carbonyl (C=O) groups is 2. The number of aromatic amines is 1. The second-order valence-electron chi connectivity index (χ2n) is 4.16. The molecule has 1 aromatic rings. The molecule has 1 fully saturated rings. The van der Waals surface area contributed by atoms with Crippen molar-refractivity contribution < 1.29 is 9.59 Å². The average Bonchev–Trinajstić information content (AvgIpc) is 2.83. The molecule has 3 N–H and O–H groups in total. The third-order valence-electron chi connectivity index (χ3n) is 2.88. The van der Waals surface area contributed by atoms with Gasteiger partial charge in [-0.05, 0) is 6.42 Å². The summed E-state index contributed by atoms with van der Waals surface area (Å²) >= 11 is 0. The average molecular weight is 236 g/mol. The van der Waals surface area contributed by atoms with Gasteiger partial charge < -0.3 is 15.6 Å². The highest BCUT2D eigenvalue weighted by molar-refractivity contribution is 5.83. The molecule has 0 aliphatic carbocycles. The number of hydrogen-bond donors (Lipinski definition) is 3. The number of H-pyrrole nitrogens is 1. The van der Waals surface area contributed by atoms with E-state index in [0.29, 0.717) is 25.9 Å². The third kappa shape index (κ3) is 3.30. The zero-order chi connectivity index (χ0) is 12.1. The van der Waals surface area contributed by atoms with Crippen LogP contribution in [0.15, 0.2) is 12.5 Å². The minimum absolute atomic E-state index is 0.0181. The maximum atomic E-state index is 11.7. The Morgan fingerprint density at radius 3 is 3.12 bits per heavy atom. The number of hydrogen-bond acceptors (Lipinski definition) is 3. The molecule has 1 saturated heterocycles. The van der Waals surface area contributed by atoms with E-state index < -0.39 is 0 Å². The standard InChI is InChI=1S/C11H16N4O2/c16-10-2-1-8(5-14-10)11(17)13-4-3-9-6-12-7-15-9/h6-8H,1-5H2,(H,12,15)(H,13,17)(H,14,16). The van der Waals surface area contributed by atoms with E-state index in [9.17, 15) is 9.59 Å². The monoisotopic (exact) mass is 236 g/mol. The molecular weight excluding hydrogens is 220 g/mol. The molecule has 0 radical (unpaired) electrons. The smallest absolute Gasteiger partial charge is 0.224 e. The van der Waals surface area contributed by atoms with E-state index >= 15 is 0 Å². The van der Waals surface area contributed by atoms with Crippen LogP contribution in [0, 0.1) is 5.92 Å². The van der Waals surface area contributed by atoms with Crippen LogP contribution in [0.2, 0.25) is 0 Å². The molecule has 17 heavy (non-hydrogen) atoms. The molecule has 6 heteroatoms. The number of aromatic nitrogens is 2. The Bertz CT molecular complexity index is 378. The molecular formula is C11H16N4O2. The van der Waals surface area contributed by atoms with Crippen molar-refractivity contribution >= 4 is 11.8 Å². The number of piperidine rings is 1. The Kier molecular flexibility index (Phi) is 3.74. The first kappa shape index (κ1) is 11.6. The van der Waals surface area contributed by atoms with Crippen molar-refractivity contribution in [3.63, 3.8) is 0 Å². The zero-order valence-electron chi connectivity index (χ0n) is 9.53. The predicted molar refractivity (Wildman–Crippen MR) is 61.0 cm³/mol. The minimum atomic E-state index is -0.0885. The van der Waals surface area contributed by atoms with Crippen molar-refractivity contribution in [2.45, 2.75) is 19.3 Å². The summed E-state index contributed by atoms with van der Waals surface area (Å²) in [6.07, 6.45) is 5.19. The lowest BCUT2D eigenvalue weighted by Crippen LogP contribution is -2.43. The van der Waals surface area contributed by atoms with Gasteiger partial charge in [-0.15, -0.1) is 0 Å². The van der Waals surface area contributed by atoms with Gasteiger partial charge in [0, 0.05) is 37.8 Å². The van der Waals surface area contributed by atoms with E-state index in [1.807, 2.05) is 0 Å². The van der Waals surface area contributed by atoms with Crippen LogP contribution in [0.4, 0.5) is 0 Å². The van der Waals surface area contributed by atoms with E-state index in [1.54, 1.807) is 12.5 Å². The first-order valence-corrected chi connectivity index (χ1v) is 5.77. The van der Waals surface area contributed by atoms with Crippen molar-refractivity contribution in [3.8, 4) is 0 Å². The van der Waals surface area contributed by atoms with E-state index in [0.717, 1.165) is 12.1 Å². The normalized spacial score (nSPS) is 19.8. The van der Waals surface area contributed by atoms with Crippen LogP contribution in [0.3, 0.4) is 0 Å². The molecule has 2 heterocycles. The Morgan fingerprint density at radius 2 is 2.47 bits per heavy atom. The van der Waals surface area contributed by atoms with Gasteiger partial charge in [0.15, 0.2) is 0 Å². The molecule has 1 aliphatic rings.